The Morgan fingerprint density at radius 2 is 2.06 bits per heavy atom. The molecule has 1 unspecified atom stereocenters. The molecule has 0 aromatic heterocycles. The Bertz CT molecular complexity index is 471. The van der Waals surface area contributed by atoms with Gasteiger partial charge >= 0.3 is 0 Å². The molecule has 1 aromatic rings. The topological polar surface area (TPSA) is 43.4 Å². The molecule has 0 aliphatic carbocycles. The molecule has 0 heterocycles. The van der Waals surface area contributed by atoms with Crippen LogP contribution in [-0.2, 0) is 9.05 Å². The largest absolute Gasteiger partial charge is 0.489 e. The Morgan fingerprint density at radius 1 is 1.44 bits per heavy atom. The van der Waals surface area contributed by atoms with E-state index in [1.54, 1.807) is 0 Å². The van der Waals surface area contributed by atoms with Gasteiger partial charge in [-0.15, -0.1) is 0 Å². The molecule has 0 spiro atoms. The Kier molecular flexibility index (Phi) is 4.47. The van der Waals surface area contributed by atoms with Gasteiger partial charge in [0.15, 0.2) is 0 Å². The first-order valence-electron chi connectivity index (χ1n) is 4.75. The molecule has 0 amide bonds. The number of benzene rings is 1. The molecule has 3 nitrogen and oxygen atoms in total. The van der Waals surface area contributed by atoms with E-state index in [1.165, 1.54) is 18.2 Å². The van der Waals surface area contributed by atoms with Crippen LogP contribution in [0, 0.1) is 0 Å². The number of halogens is 2. The second-order valence-corrected chi connectivity index (χ2v) is 6.34. The summed E-state index contributed by atoms with van der Waals surface area (Å²) in [5.74, 6) is 0.458. The Balaban J connectivity index is 3.01. The first-order chi connectivity index (χ1) is 7.34. The first kappa shape index (κ1) is 13.6. The minimum Gasteiger partial charge on any atom is -0.489 e. The van der Waals surface area contributed by atoms with Crippen LogP contribution >= 0.6 is 22.3 Å². The molecular weight excluding hydrogens is 271 g/mol. The van der Waals surface area contributed by atoms with Crippen LogP contribution in [0.25, 0.3) is 0 Å². The fourth-order valence-electron chi connectivity index (χ4n) is 1.03. The van der Waals surface area contributed by atoms with Gasteiger partial charge in [-0.1, -0.05) is 18.5 Å². The number of hydrogen-bond acceptors (Lipinski definition) is 3. The maximum atomic E-state index is 11.0. The Hall–Kier alpha value is -0.450. The quantitative estimate of drug-likeness (QED) is 0.795. The van der Waals surface area contributed by atoms with E-state index in [9.17, 15) is 8.42 Å². The van der Waals surface area contributed by atoms with Crippen LogP contribution in [0.15, 0.2) is 23.1 Å². The summed E-state index contributed by atoms with van der Waals surface area (Å²) >= 11 is 5.89. The van der Waals surface area contributed by atoms with Crippen LogP contribution in [0.3, 0.4) is 0 Å². The van der Waals surface area contributed by atoms with Crippen LogP contribution in [0.2, 0.25) is 5.02 Å². The molecule has 0 aliphatic heterocycles. The number of rotatable bonds is 4. The van der Waals surface area contributed by atoms with Crippen molar-refractivity contribution in [1.82, 2.24) is 0 Å². The third-order valence-electron chi connectivity index (χ3n) is 2.09. The Labute approximate surface area is 105 Å². The highest BCUT2D eigenvalue weighted by Crippen LogP contribution is 2.29. The maximum absolute atomic E-state index is 11.0. The lowest BCUT2D eigenvalue weighted by atomic mass is 10.3. The van der Waals surface area contributed by atoms with E-state index in [1.807, 2.05) is 13.8 Å². The van der Waals surface area contributed by atoms with Crippen LogP contribution in [0.4, 0.5) is 0 Å². The molecule has 0 radical (unpaired) electrons. The van der Waals surface area contributed by atoms with Crippen molar-refractivity contribution in [2.24, 2.45) is 0 Å². The van der Waals surface area contributed by atoms with Gasteiger partial charge in [0.2, 0.25) is 0 Å². The average Bonchev–Trinajstić information content (AvgIpc) is 2.19. The second kappa shape index (κ2) is 5.25. The van der Waals surface area contributed by atoms with Gasteiger partial charge in [-0.05, 0) is 31.5 Å². The van der Waals surface area contributed by atoms with Gasteiger partial charge < -0.3 is 4.74 Å². The van der Waals surface area contributed by atoms with E-state index in [-0.39, 0.29) is 16.0 Å². The summed E-state index contributed by atoms with van der Waals surface area (Å²) in [5.41, 5.74) is 0. The van der Waals surface area contributed by atoms with Crippen LogP contribution in [0.5, 0.6) is 5.75 Å². The van der Waals surface area contributed by atoms with E-state index in [0.717, 1.165) is 6.42 Å². The summed E-state index contributed by atoms with van der Waals surface area (Å²) in [7, 11) is 1.44. The third kappa shape index (κ3) is 3.54. The number of ether oxygens (including phenoxy) is 1. The molecule has 0 bridgehead atoms. The minimum absolute atomic E-state index is 0.0240. The van der Waals surface area contributed by atoms with Crippen molar-refractivity contribution >= 4 is 31.3 Å². The van der Waals surface area contributed by atoms with Gasteiger partial charge in [0.05, 0.1) is 16.0 Å². The molecule has 0 aliphatic rings. The fraction of sp³-hybridized carbons (Fsp3) is 0.400. The van der Waals surface area contributed by atoms with Gasteiger partial charge in [0, 0.05) is 10.7 Å². The summed E-state index contributed by atoms with van der Waals surface area (Å²) in [5, 5.41) is 0.238. The molecule has 0 saturated heterocycles. The Morgan fingerprint density at radius 3 is 2.50 bits per heavy atom. The van der Waals surface area contributed by atoms with Crippen molar-refractivity contribution in [1.29, 1.82) is 0 Å². The van der Waals surface area contributed by atoms with Crippen molar-refractivity contribution in [3.63, 3.8) is 0 Å². The molecule has 90 valence electrons. The SMILES string of the molecule is CCC(C)Oc1ccc(S(=O)(=O)Cl)cc1Cl. The molecule has 0 fully saturated rings. The summed E-state index contributed by atoms with van der Waals surface area (Å²) in [6.45, 7) is 3.89. The molecule has 1 atom stereocenters. The molecule has 6 heteroatoms. The predicted molar refractivity (Wildman–Crippen MR) is 64.9 cm³/mol. The fourth-order valence-corrected chi connectivity index (χ4v) is 2.10. The van der Waals surface area contributed by atoms with Gasteiger partial charge in [-0.2, -0.15) is 0 Å². The summed E-state index contributed by atoms with van der Waals surface area (Å²) in [4.78, 5) is -0.0318. The highest BCUT2D eigenvalue weighted by molar-refractivity contribution is 8.13. The monoisotopic (exact) mass is 282 g/mol. The summed E-state index contributed by atoms with van der Waals surface area (Å²) < 4.78 is 27.6. The summed E-state index contributed by atoms with van der Waals surface area (Å²) in [6, 6.07) is 4.15. The minimum atomic E-state index is -3.74. The number of hydrogen-bond donors (Lipinski definition) is 0. The lowest BCUT2D eigenvalue weighted by molar-refractivity contribution is 0.217. The van der Waals surface area contributed by atoms with E-state index in [4.69, 9.17) is 27.0 Å². The molecule has 0 saturated carbocycles. The van der Waals surface area contributed by atoms with Crippen LogP contribution in [0.1, 0.15) is 20.3 Å². The van der Waals surface area contributed by atoms with Crippen LogP contribution in [-0.4, -0.2) is 14.5 Å². The summed E-state index contributed by atoms with van der Waals surface area (Å²) in [6.07, 6.45) is 0.863. The van der Waals surface area contributed by atoms with E-state index < -0.39 is 9.05 Å². The third-order valence-corrected chi connectivity index (χ3v) is 3.73. The van der Waals surface area contributed by atoms with Crippen LogP contribution < -0.4 is 4.74 Å². The zero-order chi connectivity index (χ0) is 12.3. The van der Waals surface area contributed by atoms with Crippen molar-refractivity contribution in [3.05, 3.63) is 23.2 Å². The normalized spacial score (nSPS) is 13.5. The predicted octanol–water partition coefficient (Wildman–Crippen LogP) is 3.44. The van der Waals surface area contributed by atoms with Crippen molar-refractivity contribution in [3.8, 4) is 5.75 Å². The van der Waals surface area contributed by atoms with E-state index >= 15 is 0 Å². The lowest BCUT2D eigenvalue weighted by Crippen LogP contribution is -2.10. The van der Waals surface area contributed by atoms with Gasteiger partial charge in [-0.3, -0.25) is 0 Å². The van der Waals surface area contributed by atoms with E-state index in [2.05, 4.69) is 0 Å². The standard InChI is InChI=1S/C10H12Cl2O3S/c1-3-7(2)15-10-5-4-8(6-9(10)11)16(12,13)14/h4-7H,3H2,1-2H3. The van der Waals surface area contributed by atoms with Crippen molar-refractivity contribution in [2.75, 3.05) is 0 Å². The second-order valence-electron chi connectivity index (χ2n) is 3.37. The highest BCUT2D eigenvalue weighted by Gasteiger charge is 2.13. The highest BCUT2D eigenvalue weighted by atomic mass is 35.7. The molecule has 0 N–H and O–H groups in total. The first-order valence-corrected chi connectivity index (χ1v) is 7.44. The maximum Gasteiger partial charge on any atom is 0.261 e. The molecule has 1 aromatic carbocycles. The average molecular weight is 283 g/mol. The van der Waals surface area contributed by atoms with E-state index in [0.29, 0.717) is 5.75 Å². The lowest BCUT2D eigenvalue weighted by Gasteiger charge is -2.13. The molecule has 1 rings (SSSR count). The van der Waals surface area contributed by atoms with Gasteiger partial charge in [0.1, 0.15) is 5.75 Å². The van der Waals surface area contributed by atoms with Gasteiger partial charge in [0.25, 0.3) is 9.05 Å². The van der Waals surface area contributed by atoms with Crippen molar-refractivity contribution < 1.29 is 13.2 Å². The van der Waals surface area contributed by atoms with Crippen molar-refractivity contribution in [2.45, 2.75) is 31.3 Å². The molecular formula is C10H12Cl2O3S. The zero-order valence-corrected chi connectivity index (χ0v) is 11.2. The smallest absolute Gasteiger partial charge is 0.261 e. The molecule has 16 heavy (non-hydrogen) atoms. The zero-order valence-electron chi connectivity index (χ0n) is 8.91. The van der Waals surface area contributed by atoms with Gasteiger partial charge in [-0.25, -0.2) is 8.42 Å².